The van der Waals surface area contributed by atoms with E-state index in [1.807, 2.05) is 6.07 Å². The first-order valence-corrected chi connectivity index (χ1v) is 7.10. The smallest absolute Gasteiger partial charge is 0.131 e. The third-order valence-electron chi connectivity index (χ3n) is 2.92. The van der Waals surface area contributed by atoms with Gasteiger partial charge in [-0.25, -0.2) is 13.8 Å². The molecule has 0 aliphatic heterocycles. The van der Waals surface area contributed by atoms with E-state index in [2.05, 4.69) is 10.3 Å². The van der Waals surface area contributed by atoms with Gasteiger partial charge in [-0.3, -0.25) is 0 Å². The molecule has 3 aromatic rings. The summed E-state index contributed by atoms with van der Waals surface area (Å²) < 4.78 is 27.4. The molecular weight excluding hydrogens is 302 g/mol. The number of hydrogen-bond donors (Lipinski definition) is 1. The Bertz CT molecular complexity index is 773. The van der Waals surface area contributed by atoms with E-state index in [9.17, 15) is 8.78 Å². The summed E-state index contributed by atoms with van der Waals surface area (Å²) in [6.07, 6.45) is 0. The molecule has 3 rings (SSSR count). The highest BCUT2D eigenvalue weighted by molar-refractivity contribution is 7.16. The Morgan fingerprint density at radius 2 is 2.05 bits per heavy atom. The number of benzene rings is 2. The fourth-order valence-corrected chi connectivity index (χ4v) is 2.83. The Balaban J connectivity index is 1.90. The van der Waals surface area contributed by atoms with Gasteiger partial charge >= 0.3 is 0 Å². The van der Waals surface area contributed by atoms with Gasteiger partial charge in [-0.05, 0) is 18.2 Å². The van der Waals surface area contributed by atoms with Gasteiger partial charge in [0.15, 0.2) is 0 Å². The van der Waals surface area contributed by atoms with Crippen LogP contribution in [0.4, 0.5) is 14.5 Å². The number of hydrogen-bond acceptors (Lipinski definition) is 3. The van der Waals surface area contributed by atoms with E-state index in [1.54, 1.807) is 11.6 Å². The van der Waals surface area contributed by atoms with Gasteiger partial charge in [-0.2, -0.15) is 0 Å². The molecule has 0 saturated heterocycles. The van der Waals surface area contributed by atoms with Crippen molar-refractivity contribution in [2.45, 2.75) is 6.54 Å². The Kier molecular flexibility index (Phi) is 3.54. The largest absolute Gasteiger partial charge is 0.378 e. The van der Waals surface area contributed by atoms with Crippen molar-refractivity contribution >= 4 is 38.8 Å². The number of anilines is 1. The third-order valence-corrected chi connectivity index (χ3v) is 4.03. The second-order valence-corrected chi connectivity index (χ2v) is 5.50. The summed E-state index contributed by atoms with van der Waals surface area (Å²) in [6.45, 7) is 0.211. The SMILES string of the molecule is Fc1ccc(CNc2c(Cl)ccc3scnc23)c(F)c1. The van der Waals surface area contributed by atoms with Crippen molar-refractivity contribution in [2.24, 2.45) is 0 Å². The van der Waals surface area contributed by atoms with Gasteiger partial charge in [0.1, 0.15) is 17.2 Å². The van der Waals surface area contributed by atoms with Crippen LogP contribution >= 0.6 is 22.9 Å². The summed E-state index contributed by atoms with van der Waals surface area (Å²) >= 11 is 7.64. The van der Waals surface area contributed by atoms with Crippen LogP contribution in [0.3, 0.4) is 0 Å². The lowest BCUT2D eigenvalue weighted by Gasteiger charge is -2.10. The predicted octanol–water partition coefficient (Wildman–Crippen LogP) is 4.84. The summed E-state index contributed by atoms with van der Waals surface area (Å²) in [5.41, 5.74) is 3.51. The average molecular weight is 311 g/mol. The second kappa shape index (κ2) is 5.34. The highest BCUT2D eigenvalue weighted by Crippen LogP contribution is 2.32. The van der Waals surface area contributed by atoms with Gasteiger partial charge in [0.25, 0.3) is 0 Å². The third kappa shape index (κ3) is 2.46. The van der Waals surface area contributed by atoms with Crippen LogP contribution < -0.4 is 5.32 Å². The summed E-state index contributed by atoms with van der Waals surface area (Å²) in [7, 11) is 0. The molecule has 0 spiro atoms. The Hall–Kier alpha value is -1.72. The van der Waals surface area contributed by atoms with Crippen LogP contribution in [0.1, 0.15) is 5.56 Å². The van der Waals surface area contributed by atoms with Crippen LogP contribution in [0.2, 0.25) is 5.02 Å². The fraction of sp³-hybridized carbons (Fsp3) is 0.0714. The molecule has 0 unspecified atom stereocenters. The number of rotatable bonds is 3. The first-order valence-electron chi connectivity index (χ1n) is 5.84. The molecule has 0 atom stereocenters. The van der Waals surface area contributed by atoms with Crippen molar-refractivity contribution in [2.75, 3.05) is 5.32 Å². The Morgan fingerprint density at radius 3 is 2.85 bits per heavy atom. The van der Waals surface area contributed by atoms with Crippen molar-refractivity contribution < 1.29 is 8.78 Å². The van der Waals surface area contributed by atoms with Gasteiger partial charge in [0.2, 0.25) is 0 Å². The van der Waals surface area contributed by atoms with E-state index >= 15 is 0 Å². The Labute approximate surface area is 123 Å². The van der Waals surface area contributed by atoms with Crippen molar-refractivity contribution in [3.8, 4) is 0 Å². The molecule has 2 aromatic carbocycles. The van der Waals surface area contributed by atoms with Crippen molar-refractivity contribution in [1.29, 1.82) is 0 Å². The first-order chi connectivity index (χ1) is 9.65. The number of thiazole rings is 1. The maximum Gasteiger partial charge on any atom is 0.131 e. The molecule has 0 amide bonds. The van der Waals surface area contributed by atoms with Gasteiger partial charge in [-0.15, -0.1) is 11.3 Å². The molecule has 1 N–H and O–H groups in total. The van der Waals surface area contributed by atoms with E-state index < -0.39 is 11.6 Å². The van der Waals surface area contributed by atoms with Crippen molar-refractivity contribution in [3.63, 3.8) is 0 Å². The topological polar surface area (TPSA) is 24.9 Å². The van der Waals surface area contributed by atoms with Crippen LogP contribution in [0.5, 0.6) is 0 Å². The molecule has 6 heteroatoms. The average Bonchev–Trinajstić information content (AvgIpc) is 2.88. The molecule has 1 heterocycles. The number of aromatic nitrogens is 1. The van der Waals surface area contributed by atoms with Gasteiger partial charge in [-0.1, -0.05) is 17.7 Å². The van der Waals surface area contributed by atoms with Gasteiger partial charge < -0.3 is 5.32 Å². The van der Waals surface area contributed by atoms with Crippen LogP contribution in [0, 0.1) is 11.6 Å². The predicted molar refractivity (Wildman–Crippen MR) is 78.3 cm³/mol. The van der Waals surface area contributed by atoms with Crippen LogP contribution in [-0.2, 0) is 6.54 Å². The number of fused-ring (bicyclic) bond motifs is 1. The zero-order valence-electron chi connectivity index (χ0n) is 10.2. The molecule has 2 nitrogen and oxygen atoms in total. The molecule has 0 radical (unpaired) electrons. The van der Waals surface area contributed by atoms with Crippen LogP contribution in [0.25, 0.3) is 10.2 Å². The lowest BCUT2D eigenvalue weighted by molar-refractivity contribution is 0.574. The number of nitrogens with zero attached hydrogens (tertiary/aromatic N) is 1. The fourth-order valence-electron chi connectivity index (χ4n) is 1.92. The standard InChI is InChI=1S/C14H9ClF2N2S/c15-10-3-4-12-14(19-7-20-12)13(10)18-6-8-1-2-9(16)5-11(8)17/h1-5,7,18H,6H2. The summed E-state index contributed by atoms with van der Waals surface area (Å²) in [5.74, 6) is -1.18. The van der Waals surface area contributed by atoms with E-state index in [-0.39, 0.29) is 6.54 Å². The Morgan fingerprint density at radius 1 is 1.20 bits per heavy atom. The normalized spacial score (nSPS) is 10.9. The van der Waals surface area contributed by atoms with Gasteiger partial charge in [0, 0.05) is 18.2 Å². The highest BCUT2D eigenvalue weighted by atomic mass is 35.5. The maximum absolute atomic E-state index is 13.6. The molecule has 0 fully saturated rings. The van der Waals surface area contributed by atoms with Crippen molar-refractivity contribution in [1.82, 2.24) is 4.98 Å². The van der Waals surface area contributed by atoms with Gasteiger partial charge in [0.05, 0.1) is 20.9 Å². The van der Waals surface area contributed by atoms with E-state index in [0.717, 1.165) is 16.3 Å². The highest BCUT2D eigenvalue weighted by Gasteiger charge is 2.10. The quantitative estimate of drug-likeness (QED) is 0.748. The number of halogens is 3. The molecule has 1 aromatic heterocycles. The number of nitrogens with one attached hydrogen (secondary N) is 1. The summed E-state index contributed by atoms with van der Waals surface area (Å²) in [4.78, 5) is 4.25. The molecule has 0 aliphatic rings. The lowest BCUT2D eigenvalue weighted by Crippen LogP contribution is -2.03. The zero-order valence-corrected chi connectivity index (χ0v) is 11.7. The molecule has 20 heavy (non-hydrogen) atoms. The monoisotopic (exact) mass is 310 g/mol. The maximum atomic E-state index is 13.6. The minimum atomic E-state index is -0.592. The minimum absolute atomic E-state index is 0.211. The van der Waals surface area contributed by atoms with E-state index in [4.69, 9.17) is 11.6 Å². The summed E-state index contributed by atoms with van der Waals surface area (Å²) in [5, 5.41) is 3.59. The molecule has 0 aliphatic carbocycles. The van der Waals surface area contributed by atoms with E-state index in [1.165, 1.54) is 23.5 Å². The zero-order chi connectivity index (χ0) is 14.1. The van der Waals surface area contributed by atoms with E-state index in [0.29, 0.717) is 16.3 Å². The molecule has 102 valence electrons. The molecule has 0 saturated carbocycles. The lowest BCUT2D eigenvalue weighted by atomic mass is 10.2. The molecular formula is C14H9ClF2N2S. The second-order valence-electron chi connectivity index (χ2n) is 4.21. The minimum Gasteiger partial charge on any atom is -0.378 e. The van der Waals surface area contributed by atoms with Crippen molar-refractivity contribution in [3.05, 3.63) is 58.1 Å². The molecule has 0 bridgehead atoms. The van der Waals surface area contributed by atoms with Crippen LogP contribution in [0.15, 0.2) is 35.8 Å². The first kappa shape index (κ1) is 13.3. The summed E-state index contributed by atoms with van der Waals surface area (Å²) in [6, 6.07) is 7.16. The van der Waals surface area contributed by atoms with Crippen LogP contribution in [-0.4, -0.2) is 4.98 Å².